The zero-order valence-corrected chi connectivity index (χ0v) is 12.9. The van der Waals surface area contributed by atoms with E-state index in [-0.39, 0.29) is 0 Å². The molecule has 2 heteroatoms. The van der Waals surface area contributed by atoms with Crippen LogP contribution in [0.1, 0.15) is 47.0 Å². The highest BCUT2D eigenvalue weighted by atomic mass is 15.3. The van der Waals surface area contributed by atoms with Gasteiger partial charge in [0.25, 0.3) is 0 Å². The first-order valence-electron chi connectivity index (χ1n) is 8.02. The number of nitrogens with zero attached hydrogens (tertiary/aromatic N) is 2. The summed E-state index contributed by atoms with van der Waals surface area (Å²) in [4.78, 5) is 5.39. The summed E-state index contributed by atoms with van der Waals surface area (Å²) in [5.74, 6) is 2.72. The fraction of sp³-hybridized carbons (Fsp3) is 1.00. The van der Waals surface area contributed by atoms with Gasteiger partial charge in [-0.3, -0.25) is 4.90 Å². The highest BCUT2D eigenvalue weighted by Gasteiger charge is 2.33. The lowest BCUT2D eigenvalue weighted by Crippen LogP contribution is -2.60. The molecule has 2 saturated heterocycles. The summed E-state index contributed by atoms with van der Waals surface area (Å²) in [5, 5.41) is 0. The Labute approximate surface area is 114 Å². The Balaban J connectivity index is 1.62. The lowest BCUT2D eigenvalue weighted by atomic mass is 9.86. The Morgan fingerprint density at radius 2 is 1.61 bits per heavy atom. The molecule has 2 heterocycles. The van der Waals surface area contributed by atoms with Crippen molar-refractivity contribution in [3.63, 3.8) is 0 Å². The predicted molar refractivity (Wildman–Crippen MR) is 78.8 cm³/mol. The minimum atomic E-state index is 0.853. The SMILES string of the molecule is CC(C)CCN1CC(N2CCC(C(C)C)CC2)C1. The fourth-order valence-corrected chi connectivity index (χ4v) is 3.35. The van der Waals surface area contributed by atoms with Crippen molar-refractivity contribution >= 4 is 0 Å². The smallest absolute Gasteiger partial charge is 0.0350 e. The Bertz CT molecular complexity index is 235. The minimum absolute atomic E-state index is 0.853. The highest BCUT2D eigenvalue weighted by molar-refractivity contribution is 4.90. The highest BCUT2D eigenvalue weighted by Crippen LogP contribution is 2.27. The third-order valence-electron chi connectivity index (χ3n) is 4.99. The molecule has 0 N–H and O–H groups in total. The average molecular weight is 252 g/mol. The van der Waals surface area contributed by atoms with Gasteiger partial charge in [0.05, 0.1) is 0 Å². The van der Waals surface area contributed by atoms with Gasteiger partial charge in [-0.05, 0) is 56.7 Å². The second-order valence-corrected chi connectivity index (χ2v) is 7.21. The second kappa shape index (κ2) is 6.38. The first-order valence-corrected chi connectivity index (χ1v) is 8.02. The van der Waals surface area contributed by atoms with Gasteiger partial charge in [-0.1, -0.05) is 27.7 Å². The Kier molecular flexibility index (Phi) is 5.08. The first-order chi connectivity index (χ1) is 8.56. The van der Waals surface area contributed by atoms with Gasteiger partial charge in [0.1, 0.15) is 0 Å². The van der Waals surface area contributed by atoms with E-state index in [4.69, 9.17) is 0 Å². The number of rotatable bonds is 5. The molecule has 0 saturated carbocycles. The van der Waals surface area contributed by atoms with Crippen LogP contribution in [0.2, 0.25) is 0 Å². The van der Waals surface area contributed by atoms with Crippen LogP contribution in [0.5, 0.6) is 0 Å². The van der Waals surface area contributed by atoms with Crippen molar-refractivity contribution in [2.45, 2.75) is 53.0 Å². The van der Waals surface area contributed by atoms with Gasteiger partial charge in [-0.15, -0.1) is 0 Å². The number of piperidine rings is 1. The Hall–Kier alpha value is -0.0800. The monoisotopic (exact) mass is 252 g/mol. The van der Waals surface area contributed by atoms with E-state index in [1.165, 1.54) is 52.0 Å². The van der Waals surface area contributed by atoms with E-state index in [1.54, 1.807) is 0 Å². The third-order valence-corrected chi connectivity index (χ3v) is 4.99. The quantitative estimate of drug-likeness (QED) is 0.742. The van der Waals surface area contributed by atoms with Crippen LogP contribution >= 0.6 is 0 Å². The Morgan fingerprint density at radius 1 is 1.00 bits per heavy atom. The summed E-state index contributed by atoms with van der Waals surface area (Å²) >= 11 is 0. The van der Waals surface area contributed by atoms with E-state index in [9.17, 15) is 0 Å². The number of hydrogen-bond donors (Lipinski definition) is 0. The van der Waals surface area contributed by atoms with Crippen LogP contribution in [0.15, 0.2) is 0 Å². The molecule has 0 aromatic rings. The molecule has 0 aromatic heterocycles. The van der Waals surface area contributed by atoms with Gasteiger partial charge in [0.15, 0.2) is 0 Å². The zero-order chi connectivity index (χ0) is 13.1. The molecule has 0 amide bonds. The van der Waals surface area contributed by atoms with Crippen LogP contribution in [-0.4, -0.2) is 48.6 Å². The third kappa shape index (κ3) is 3.71. The lowest BCUT2D eigenvalue weighted by Gasteiger charge is -2.48. The molecule has 2 aliphatic rings. The summed E-state index contributed by atoms with van der Waals surface area (Å²) in [6.45, 7) is 16.1. The normalized spacial score (nSPS) is 25.0. The first kappa shape index (κ1) is 14.3. The molecule has 0 aliphatic carbocycles. The number of hydrogen-bond acceptors (Lipinski definition) is 2. The van der Waals surface area contributed by atoms with Crippen molar-refractivity contribution in [3.8, 4) is 0 Å². The maximum absolute atomic E-state index is 2.75. The van der Waals surface area contributed by atoms with Crippen LogP contribution in [0.4, 0.5) is 0 Å². The average Bonchev–Trinajstić information content (AvgIpc) is 2.27. The minimum Gasteiger partial charge on any atom is -0.300 e. The van der Waals surface area contributed by atoms with Gasteiger partial charge >= 0.3 is 0 Å². The molecule has 106 valence electrons. The van der Waals surface area contributed by atoms with Gasteiger partial charge in [0.2, 0.25) is 0 Å². The van der Waals surface area contributed by atoms with E-state index in [0.29, 0.717) is 0 Å². The maximum Gasteiger partial charge on any atom is 0.0350 e. The topological polar surface area (TPSA) is 6.48 Å². The van der Waals surface area contributed by atoms with Crippen LogP contribution in [0.3, 0.4) is 0 Å². The lowest BCUT2D eigenvalue weighted by molar-refractivity contribution is 0.00824. The predicted octanol–water partition coefficient (Wildman–Crippen LogP) is 3.08. The molecular weight excluding hydrogens is 220 g/mol. The molecular formula is C16H32N2. The maximum atomic E-state index is 2.75. The molecule has 2 nitrogen and oxygen atoms in total. The zero-order valence-electron chi connectivity index (χ0n) is 12.9. The van der Waals surface area contributed by atoms with Gasteiger partial charge in [-0.25, -0.2) is 0 Å². The van der Waals surface area contributed by atoms with Crippen molar-refractivity contribution in [3.05, 3.63) is 0 Å². The van der Waals surface area contributed by atoms with E-state index in [0.717, 1.165) is 23.8 Å². The molecule has 0 unspecified atom stereocenters. The summed E-state index contributed by atoms with van der Waals surface area (Å²) in [6.07, 6.45) is 4.22. The van der Waals surface area contributed by atoms with Crippen molar-refractivity contribution in [2.75, 3.05) is 32.7 Å². The van der Waals surface area contributed by atoms with Crippen LogP contribution in [0, 0.1) is 17.8 Å². The largest absolute Gasteiger partial charge is 0.300 e. The Morgan fingerprint density at radius 3 is 2.11 bits per heavy atom. The van der Waals surface area contributed by atoms with Gasteiger partial charge in [0, 0.05) is 19.1 Å². The molecule has 2 aliphatic heterocycles. The summed E-state index contributed by atoms with van der Waals surface area (Å²) < 4.78 is 0. The van der Waals surface area contributed by atoms with Crippen LogP contribution < -0.4 is 0 Å². The van der Waals surface area contributed by atoms with Crippen molar-refractivity contribution < 1.29 is 0 Å². The molecule has 0 spiro atoms. The van der Waals surface area contributed by atoms with E-state index >= 15 is 0 Å². The van der Waals surface area contributed by atoms with Crippen LogP contribution in [0.25, 0.3) is 0 Å². The summed E-state index contributed by atoms with van der Waals surface area (Å²) in [7, 11) is 0. The van der Waals surface area contributed by atoms with Crippen LogP contribution in [-0.2, 0) is 0 Å². The second-order valence-electron chi connectivity index (χ2n) is 7.21. The van der Waals surface area contributed by atoms with E-state index < -0.39 is 0 Å². The molecule has 18 heavy (non-hydrogen) atoms. The standard InChI is InChI=1S/C16H32N2/c1-13(2)5-8-17-11-16(12-17)18-9-6-15(7-10-18)14(3)4/h13-16H,5-12H2,1-4H3. The van der Waals surface area contributed by atoms with Crippen molar-refractivity contribution in [1.82, 2.24) is 9.80 Å². The fourth-order valence-electron chi connectivity index (χ4n) is 3.35. The van der Waals surface area contributed by atoms with E-state index in [2.05, 4.69) is 37.5 Å². The molecule has 0 bridgehead atoms. The van der Waals surface area contributed by atoms with Crippen molar-refractivity contribution in [2.24, 2.45) is 17.8 Å². The summed E-state index contributed by atoms with van der Waals surface area (Å²) in [6, 6.07) is 0.880. The summed E-state index contributed by atoms with van der Waals surface area (Å²) in [5.41, 5.74) is 0. The number of likely N-dealkylation sites (tertiary alicyclic amines) is 2. The van der Waals surface area contributed by atoms with Gasteiger partial charge in [-0.2, -0.15) is 0 Å². The van der Waals surface area contributed by atoms with E-state index in [1.807, 2.05) is 0 Å². The molecule has 0 atom stereocenters. The molecule has 2 rings (SSSR count). The van der Waals surface area contributed by atoms with Gasteiger partial charge < -0.3 is 4.90 Å². The molecule has 2 fully saturated rings. The molecule has 0 aromatic carbocycles. The van der Waals surface area contributed by atoms with Crippen molar-refractivity contribution in [1.29, 1.82) is 0 Å². The molecule has 0 radical (unpaired) electrons.